The average Bonchev–Trinajstić information content (AvgIpc) is 2.39. The lowest BCUT2D eigenvalue weighted by Gasteiger charge is -2.02. The van der Waals surface area contributed by atoms with Crippen LogP contribution >= 0.6 is 0 Å². The molecule has 0 saturated carbocycles. The van der Waals surface area contributed by atoms with Gasteiger partial charge in [-0.05, 0) is 12.8 Å². The number of hydrogen-bond acceptors (Lipinski definition) is 2. The maximum Gasteiger partial charge on any atom is 0.119 e. The summed E-state index contributed by atoms with van der Waals surface area (Å²) in [6.07, 6.45) is 18.8. The zero-order chi connectivity index (χ0) is 13.3. The molecule has 0 N–H and O–H groups in total. The van der Waals surface area contributed by atoms with Crippen LogP contribution in [-0.2, 0) is 9.59 Å². The van der Waals surface area contributed by atoms with Gasteiger partial charge in [0, 0.05) is 12.8 Å². The van der Waals surface area contributed by atoms with Gasteiger partial charge in [0.15, 0.2) is 0 Å². The summed E-state index contributed by atoms with van der Waals surface area (Å²) in [7, 11) is 0. The van der Waals surface area contributed by atoms with Gasteiger partial charge in [0.2, 0.25) is 0 Å². The number of unbranched alkanes of at least 4 members (excludes halogenated alkanes) is 13. The van der Waals surface area contributed by atoms with Crippen LogP contribution in [0.15, 0.2) is 0 Å². The van der Waals surface area contributed by atoms with Gasteiger partial charge in [-0.15, -0.1) is 0 Å². The highest BCUT2D eigenvalue weighted by Crippen LogP contribution is 2.12. The number of rotatable bonds is 15. The summed E-state index contributed by atoms with van der Waals surface area (Å²) in [5.41, 5.74) is 0. The van der Waals surface area contributed by atoms with E-state index in [1.807, 2.05) is 0 Å². The molecule has 0 radical (unpaired) electrons. The van der Waals surface area contributed by atoms with Gasteiger partial charge in [0.05, 0.1) is 0 Å². The Labute approximate surface area is 113 Å². The van der Waals surface area contributed by atoms with Crippen molar-refractivity contribution in [2.45, 2.75) is 89.9 Å². The maximum atomic E-state index is 10.1. The molecule has 106 valence electrons. The minimum atomic E-state index is 0.740. The van der Waals surface area contributed by atoms with Gasteiger partial charge >= 0.3 is 0 Å². The highest BCUT2D eigenvalue weighted by atomic mass is 16.1. The second-order valence-electron chi connectivity index (χ2n) is 5.15. The molecule has 0 atom stereocenters. The van der Waals surface area contributed by atoms with E-state index >= 15 is 0 Å². The predicted molar refractivity (Wildman–Crippen MR) is 76.8 cm³/mol. The Morgan fingerprint density at radius 1 is 0.389 bits per heavy atom. The summed E-state index contributed by atoms with van der Waals surface area (Å²) in [4.78, 5) is 20.2. The molecule has 0 saturated heterocycles. The van der Waals surface area contributed by atoms with E-state index in [-0.39, 0.29) is 0 Å². The van der Waals surface area contributed by atoms with Crippen molar-refractivity contribution in [1.82, 2.24) is 0 Å². The lowest BCUT2D eigenvalue weighted by molar-refractivity contribution is -0.108. The van der Waals surface area contributed by atoms with Crippen LogP contribution in [0.1, 0.15) is 89.9 Å². The molecule has 0 heterocycles. The second-order valence-corrected chi connectivity index (χ2v) is 5.15. The van der Waals surface area contributed by atoms with Gasteiger partial charge < -0.3 is 9.59 Å². The van der Waals surface area contributed by atoms with Crippen molar-refractivity contribution in [2.24, 2.45) is 0 Å². The molecule has 18 heavy (non-hydrogen) atoms. The van der Waals surface area contributed by atoms with Crippen LogP contribution < -0.4 is 0 Å². The number of aldehydes is 2. The van der Waals surface area contributed by atoms with Crippen molar-refractivity contribution in [2.75, 3.05) is 0 Å². The zero-order valence-corrected chi connectivity index (χ0v) is 11.9. The molecule has 0 bridgehead atoms. The van der Waals surface area contributed by atoms with Gasteiger partial charge in [-0.3, -0.25) is 0 Å². The molecule has 0 spiro atoms. The van der Waals surface area contributed by atoms with E-state index in [0.29, 0.717) is 0 Å². The van der Waals surface area contributed by atoms with E-state index in [1.165, 1.54) is 64.2 Å². The van der Waals surface area contributed by atoms with Crippen molar-refractivity contribution in [3.63, 3.8) is 0 Å². The minimum absolute atomic E-state index is 0.740. The standard InChI is InChI=1S/C16H30O2/c17-15-13-11-9-7-5-3-1-2-4-6-8-10-12-14-16-18/h15-16H,1-14H2. The zero-order valence-electron chi connectivity index (χ0n) is 11.9. The van der Waals surface area contributed by atoms with Crippen LogP contribution in [0.5, 0.6) is 0 Å². The van der Waals surface area contributed by atoms with Gasteiger partial charge in [-0.1, -0.05) is 64.2 Å². The van der Waals surface area contributed by atoms with E-state index in [1.54, 1.807) is 0 Å². The van der Waals surface area contributed by atoms with Crippen molar-refractivity contribution in [3.05, 3.63) is 0 Å². The van der Waals surface area contributed by atoms with Crippen molar-refractivity contribution in [1.29, 1.82) is 0 Å². The quantitative estimate of drug-likeness (QED) is 0.309. The Bertz CT molecular complexity index is 158. The summed E-state index contributed by atoms with van der Waals surface area (Å²) >= 11 is 0. The molecule has 0 aliphatic rings. The molecule has 0 aliphatic heterocycles. The average molecular weight is 254 g/mol. The number of carbonyl (C=O) groups is 2. The molecular formula is C16H30O2. The fraction of sp³-hybridized carbons (Fsp3) is 0.875. The van der Waals surface area contributed by atoms with Crippen LogP contribution in [-0.4, -0.2) is 12.6 Å². The van der Waals surface area contributed by atoms with Crippen molar-refractivity contribution in [3.8, 4) is 0 Å². The Balaban J connectivity index is 2.90. The van der Waals surface area contributed by atoms with E-state index in [2.05, 4.69) is 0 Å². The fourth-order valence-corrected chi connectivity index (χ4v) is 2.22. The molecule has 0 fully saturated rings. The summed E-state index contributed by atoms with van der Waals surface area (Å²) in [6, 6.07) is 0. The van der Waals surface area contributed by atoms with E-state index in [0.717, 1.165) is 38.3 Å². The first-order valence-corrected chi connectivity index (χ1v) is 7.79. The van der Waals surface area contributed by atoms with E-state index in [9.17, 15) is 9.59 Å². The molecule has 0 aromatic heterocycles. The van der Waals surface area contributed by atoms with Crippen LogP contribution in [0.3, 0.4) is 0 Å². The Morgan fingerprint density at radius 3 is 0.833 bits per heavy atom. The molecule has 0 unspecified atom stereocenters. The van der Waals surface area contributed by atoms with E-state index < -0.39 is 0 Å². The number of hydrogen-bond donors (Lipinski definition) is 0. The lowest BCUT2D eigenvalue weighted by Crippen LogP contribution is -1.83. The SMILES string of the molecule is O=CCCCCCCCCCCCCCCC=O. The molecular weight excluding hydrogens is 224 g/mol. The minimum Gasteiger partial charge on any atom is -0.303 e. The monoisotopic (exact) mass is 254 g/mol. The number of carbonyl (C=O) groups excluding carboxylic acids is 2. The third-order valence-electron chi connectivity index (χ3n) is 3.39. The Morgan fingerprint density at radius 2 is 0.611 bits per heavy atom. The highest BCUT2D eigenvalue weighted by molar-refractivity contribution is 5.49. The van der Waals surface area contributed by atoms with Crippen LogP contribution in [0.4, 0.5) is 0 Å². The molecule has 0 aromatic rings. The van der Waals surface area contributed by atoms with Crippen LogP contribution in [0.2, 0.25) is 0 Å². The highest BCUT2D eigenvalue weighted by Gasteiger charge is 1.93. The molecule has 0 amide bonds. The fourth-order valence-electron chi connectivity index (χ4n) is 2.22. The third-order valence-corrected chi connectivity index (χ3v) is 3.39. The molecule has 2 heteroatoms. The summed E-state index contributed by atoms with van der Waals surface area (Å²) < 4.78 is 0. The molecule has 2 nitrogen and oxygen atoms in total. The topological polar surface area (TPSA) is 34.1 Å². The molecule has 0 aromatic carbocycles. The maximum absolute atomic E-state index is 10.1. The Hall–Kier alpha value is -0.660. The predicted octanol–water partition coefficient (Wildman–Crippen LogP) is 4.85. The summed E-state index contributed by atoms with van der Waals surface area (Å²) in [6.45, 7) is 0. The second kappa shape index (κ2) is 16.3. The van der Waals surface area contributed by atoms with Gasteiger partial charge in [-0.25, -0.2) is 0 Å². The third kappa shape index (κ3) is 15.3. The first-order valence-electron chi connectivity index (χ1n) is 7.79. The van der Waals surface area contributed by atoms with Crippen LogP contribution in [0, 0.1) is 0 Å². The first kappa shape index (κ1) is 17.3. The van der Waals surface area contributed by atoms with Crippen molar-refractivity contribution >= 4 is 12.6 Å². The molecule has 0 aliphatic carbocycles. The summed E-state index contributed by atoms with van der Waals surface area (Å²) in [5, 5.41) is 0. The van der Waals surface area contributed by atoms with Crippen LogP contribution in [0.25, 0.3) is 0 Å². The first-order chi connectivity index (χ1) is 8.91. The lowest BCUT2D eigenvalue weighted by atomic mass is 10.0. The molecule has 0 rings (SSSR count). The van der Waals surface area contributed by atoms with E-state index in [4.69, 9.17) is 0 Å². The van der Waals surface area contributed by atoms with Crippen molar-refractivity contribution < 1.29 is 9.59 Å². The van der Waals surface area contributed by atoms with Gasteiger partial charge in [-0.2, -0.15) is 0 Å². The normalized spacial score (nSPS) is 10.4. The van der Waals surface area contributed by atoms with Gasteiger partial charge in [0.1, 0.15) is 12.6 Å². The summed E-state index contributed by atoms with van der Waals surface area (Å²) in [5.74, 6) is 0. The Kier molecular flexibility index (Phi) is 15.7. The smallest absolute Gasteiger partial charge is 0.119 e. The van der Waals surface area contributed by atoms with Gasteiger partial charge in [0.25, 0.3) is 0 Å². The largest absolute Gasteiger partial charge is 0.303 e.